The van der Waals surface area contributed by atoms with E-state index in [0.717, 1.165) is 32.0 Å². The average molecular weight is 224 g/mol. The van der Waals surface area contributed by atoms with Crippen molar-refractivity contribution in [1.82, 2.24) is 9.88 Å². The minimum Gasteiger partial charge on any atom is -0.388 e. The fourth-order valence-electron chi connectivity index (χ4n) is 2.44. The lowest BCUT2D eigenvalue weighted by Gasteiger charge is -2.22. The van der Waals surface area contributed by atoms with E-state index in [4.69, 9.17) is 0 Å². The molecular formula is C11H16N2OS. The Morgan fingerprint density at radius 1 is 1.60 bits per heavy atom. The van der Waals surface area contributed by atoms with Crippen LogP contribution in [0.3, 0.4) is 0 Å². The normalized spacial score (nSPS) is 32.3. The van der Waals surface area contributed by atoms with Crippen LogP contribution in [0.5, 0.6) is 0 Å². The predicted molar refractivity (Wildman–Crippen MR) is 60.0 cm³/mol. The highest BCUT2D eigenvalue weighted by Crippen LogP contribution is 2.35. The first kappa shape index (κ1) is 9.75. The van der Waals surface area contributed by atoms with Crippen molar-refractivity contribution >= 4 is 11.3 Å². The van der Waals surface area contributed by atoms with Gasteiger partial charge < -0.3 is 5.11 Å². The van der Waals surface area contributed by atoms with Crippen molar-refractivity contribution in [3.8, 4) is 0 Å². The summed E-state index contributed by atoms with van der Waals surface area (Å²) in [6, 6.07) is 0.778. The Bertz CT molecular complexity index is 336. The molecule has 0 spiro atoms. The molecule has 2 heterocycles. The second kappa shape index (κ2) is 3.54. The van der Waals surface area contributed by atoms with Crippen LogP contribution < -0.4 is 0 Å². The second-order valence-corrected chi connectivity index (χ2v) is 5.79. The molecule has 1 atom stereocenters. The summed E-state index contributed by atoms with van der Waals surface area (Å²) >= 11 is 1.64. The van der Waals surface area contributed by atoms with E-state index in [1.165, 1.54) is 17.7 Å². The van der Waals surface area contributed by atoms with Gasteiger partial charge >= 0.3 is 0 Å². The van der Waals surface area contributed by atoms with E-state index in [9.17, 15) is 5.11 Å². The highest BCUT2D eigenvalue weighted by molar-refractivity contribution is 7.09. The molecule has 1 N–H and O–H groups in total. The van der Waals surface area contributed by atoms with E-state index >= 15 is 0 Å². The SMILES string of the molecule is OC1(Cc2cncs2)CCN(C2CC2)C1. The molecule has 0 radical (unpaired) electrons. The Morgan fingerprint density at radius 2 is 2.47 bits per heavy atom. The van der Waals surface area contributed by atoms with Gasteiger partial charge in [0.25, 0.3) is 0 Å². The van der Waals surface area contributed by atoms with Gasteiger partial charge in [0.15, 0.2) is 0 Å². The van der Waals surface area contributed by atoms with Gasteiger partial charge in [-0.25, -0.2) is 0 Å². The molecular weight excluding hydrogens is 208 g/mol. The predicted octanol–water partition coefficient (Wildman–Crippen LogP) is 1.28. The van der Waals surface area contributed by atoms with Crippen LogP contribution in [0, 0.1) is 0 Å². The van der Waals surface area contributed by atoms with Crippen LogP contribution in [0.4, 0.5) is 0 Å². The van der Waals surface area contributed by atoms with E-state index in [1.807, 2.05) is 11.7 Å². The Morgan fingerprint density at radius 3 is 3.13 bits per heavy atom. The van der Waals surface area contributed by atoms with Crippen molar-refractivity contribution in [2.24, 2.45) is 0 Å². The van der Waals surface area contributed by atoms with Crippen molar-refractivity contribution < 1.29 is 5.11 Å². The van der Waals surface area contributed by atoms with Crippen LogP contribution in [-0.4, -0.2) is 39.7 Å². The lowest BCUT2D eigenvalue weighted by molar-refractivity contribution is 0.0494. The third kappa shape index (κ3) is 2.07. The molecule has 0 aromatic carbocycles. The lowest BCUT2D eigenvalue weighted by Crippen LogP contribution is -2.35. The molecule has 15 heavy (non-hydrogen) atoms. The number of β-amino-alcohol motifs (C(OH)–C–C–N with tert-alkyl or cyclic N) is 1. The molecule has 2 aliphatic rings. The summed E-state index contributed by atoms with van der Waals surface area (Å²) < 4.78 is 0. The second-order valence-electron chi connectivity index (χ2n) is 4.82. The van der Waals surface area contributed by atoms with Gasteiger partial charge in [-0.2, -0.15) is 0 Å². The van der Waals surface area contributed by atoms with Gasteiger partial charge in [-0.3, -0.25) is 9.88 Å². The standard InChI is InChI=1S/C11H16N2OS/c14-11(5-10-6-12-8-15-10)3-4-13(7-11)9-1-2-9/h6,8-9,14H,1-5,7H2. The maximum atomic E-state index is 10.4. The summed E-state index contributed by atoms with van der Waals surface area (Å²) in [7, 11) is 0. The number of aliphatic hydroxyl groups is 1. The lowest BCUT2D eigenvalue weighted by atomic mass is 9.98. The summed E-state index contributed by atoms with van der Waals surface area (Å²) in [5, 5.41) is 10.4. The largest absolute Gasteiger partial charge is 0.388 e. The summed E-state index contributed by atoms with van der Waals surface area (Å²) in [6.45, 7) is 1.93. The maximum absolute atomic E-state index is 10.4. The number of rotatable bonds is 3. The van der Waals surface area contributed by atoms with Gasteiger partial charge in [-0.15, -0.1) is 11.3 Å². The fourth-order valence-corrected chi connectivity index (χ4v) is 3.17. The highest BCUT2D eigenvalue weighted by atomic mass is 32.1. The average Bonchev–Trinajstić information content (AvgIpc) is 2.81. The Kier molecular flexibility index (Phi) is 2.30. The van der Waals surface area contributed by atoms with E-state index in [-0.39, 0.29) is 0 Å². The van der Waals surface area contributed by atoms with Crippen molar-refractivity contribution in [1.29, 1.82) is 0 Å². The van der Waals surface area contributed by atoms with Crippen LogP contribution in [0.2, 0.25) is 0 Å². The van der Waals surface area contributed by atoms with Gasteiger partial charge in [-0.05, 0) is 19.3 Å². The first-order valence-corrected chi connectivity index (χ1v) is 6.47. The summed E-state index contributed by atoms with van der Waals surface area (Å²) in [4.78, 5) is 7.70. The first-order valence-electron chi connectivity index (χ1n) is 5.59. The zero-order chi connectivity index (χ0) is 10.3. The molecule has 1 aromatic heterocycles. The number of hydrogen-bond donors (Lipinski definition) is 1. The summed E-state index contributed by atoms with van der Waals surface area (Å²) in [6.07, 6.45) is 6.23. The van der Waals surface area contributed by atoms with E-state index in [0.29, 0.717) is 0 Å². The third-order valence-corrected chi connectivity index (χ3v) is 4.19. The van der Waals surface area contributed by atoms with Crippen LogP contribution >= 0.6 is 11.3 Å². The minimum atomic E-state index is -0.491. The topological polar surface area (TPSA) is 36.4 Å². The molecule has 3 nitrogen and oxygen atoms in total. The Balaban J connectivity index is 1.64. The van der Waals surface area contributed by atoms with Gasteiger partial charge in [0.1, 0.15) is 0 Å². The summed E-state index contributed by atoms with van der Waals surface area (Å²) in [5.74, 6) is 0. The zero-order valence-corrected chi connectivity index (χ0v) is 9.54. The van der Waals surface area contributed by atoms with Crippen LogP contribution in [0.15, 0.2) is 11.7 Å². The monoisotopic (exact) mass is 224 g/mol. The number of aromatic nitrogens is 1. The number of hydrogen-bond acceptors (Lipinski definition) is 4. The quantitative estimate of drug-likeness (QED) is 0.840. The molecule has 0 bridgehead atoms. The van der Waals surface area contributed by atoms with E-state index in [2.05, 4.69) is 9.88 Å². The fraction of sp³-hybridized carbons (Fsp3) is 0.727. The Labute approximate surface area is 93.8 Å². The van der Waals surface area contributed by atoms with Crippen molar-refractivity contribution in [3.05, 3.63) is 16.6 Å². The molecule has 82 valence electrons. The van der Waals surface area contributed by atoms with Crippen molar-refractivity contribution in [2.45, 2.75) is 37.3 Å². The molecule has 1 unspecified atom stereocenters. The van der Waals surface area contributed by atoms with Crippen LogP contribution in [-0.2, 0) is 6.42 Å². The van der Waals surface area contributed by atoms with E-state index in [1.54, 1.807) is 11.3 Å². The third-order valence-electron chi connectivity index (χ3n) is 3.41. The highest BCUT2D eigenvalue weighted by Gasteiger charge is 2.42. The van der Waals surface area contributed by atoms with Crippen LogP contribution in [0.1, 0.15) is 24.1 Å². The number of nitrogens with zero attached hydrogens (tertiary/aromatic N) is 2. The summed E-state index contributed by atoms with van der Waals surface area (Å²) in [5.41, 5.74) is 1.35. The molecule has 1 saturated carbocycles. The van der Waals surface area contributed by atoms with Gasteiger partial charge in [0.2, 0.25) is 0 Å². The van der Waals surface area contributed by atoms with Crippen molar-refractivity contribution in [3.63, 3.8) is 0 Å². The smallest absolute Gasteiger partial charge is 0.0834 e. The zero-order valence-electron chi connectivity index (χ0n) is 8.72. The number of thiazole rings is 1. The molecule has 3 rings (SSSR count). The van der Waals surface area contributed by atoms with E-state index < -0.39 is 5.60 Å². The van der Waals surface area contributed by atoms with Crippen LogP contribution in [0.25, 0.3) is 0 Å². The molecule has 2 fully saturated rings. The molecule has 1 aromatic rings. The Hall–Kier alpha value is -0.450. The molecule has 0 amide bonds. The van der Waals surface area contributed by atoms with Crippen molar-refractivity contribution in [2.75, 3.05) is 13.1 Å². The molecule has 4 heteroatoms. The molecule has 1 saturated heterocycles. The first-order chi connectivity index (χ1) is 7.25. The van der Waals surface area contributed by atoms with Gasteiger partial charge in [0.05, 0.1) is 11.1 Å². The van der Waals surface area contributed by atoms with Gasteiger partial charge in [0, 0.05) is 36.6 Å². The molecule has 1 aliphatic heterocycles. The van der Waals surface area contributed by atoms with Gasteiger partial charge in [-0.1, -0.05) is 0 Å². The number of likely N-dealkylation sites (tertiary alicyclic amines) is 1. The minimum absolute atomic E-state index is 0.491. The molecule has 1 aliphatic carbocycles. The maximum Gasteiger partial charge on any atom is 0.0834 e.